The molecule has 4 rings (SSSR count). The maximum atomic E-state index is 9.10. The Morgan fingerprint density at radius 1 is 1.03 bits per heavy atom. The molecule has 0 spiro atoms. The maximum Gasteiger partial charge on any atom is 0.414 e. The van der Waals surface area contributed by atoms with Gasteiger partial charge in [0.15, 0.2) is 0 Å². The molecule has 3 N–H and O–H groups in total. The first-order valence-electron chi connectivity index (χ1n) is 12.1. The summed E-state index contributed by atoms with van der Waals surface area (Å²) < 4.78 is 6.43. The molecule has 2 aliphatic heterocycles. The van der Waals surface area contributed by atoms with E-state index in [1.807, 2.05) is 0 Å². The number of ether oxygens (including phenoxy) is 1. The van der Waals surface area contributed by atoms with Crippen LogP contribution in [0.15, 0.2) is 18.2 Å². The topological polar surface area (TPSA) is 99.1 Å². The quantitative estimate of drug-likeness (QED) is 0.604. The molecule has 7 nitrogen and oxygen atoms in total. The van der Waals surface area contributed by atoms with E-state index >= 15 is 0 Å². The van der Waals surface area contributed by atoms with Gasteiger partial charge in [-0.2, -0.15) is 0 Å². The Labute approximate surface area is 191 Å². The molecule has 3 aliphatic rings. The molecule has 1 aromatic rings. The third-order valence-corrected chi connectivity index (χ3v) is 6.96. The number of nitrogens with one attached hydrogen (secondary N) is 1. The number of aliphatic carboxylic acids is 2. The van der Waals surface area contributed by atoms with Gasteiger partial charge >= 0.3 is 11.9 Å². The highest BCUT2D eigenvalue weighted by molar-refractivity contribution is 6.27. The van der Waals surface area contributed by atoms with Crippen LogP contribution in [0, 0.1) is 5.92 Å². The van der Waals surface area contributed by atoms with E-state index in [4.69, 9.17) is 24.5 Å². The normalized spacial score (nSPS) is 24.4. The Morgan fingerprint density at radius 3 is 2.50 bits per heavy atom. The van der Waals surface area contributed by atoms with Crippen molar-refractivity contribution < 1.29 is 24.5 Å². The SMILES string of the molecule is CN1CCCC(Oc2ccc3c(c2)C(CC2CCCCC2)NCC3)CC1.O=C(O)C(=O)O. The molecule has 1 aromatic carbocycles. The van der Waals surface area contributed by atoms with Gasteiger partial charge in [-0.15, -0.1) is 0 Å². The van der Waals surface area contributed by atoms with Crippen LogP contribution in [-0.4, -0.2) is 59.8 Å². The highest BCUT2D eigenvalue weighted by Gasteiger charge is 2.25. The summed E-state index contributed by atoms with van der Waals surface area (Å²) in [7, 11) is 2.23. The van der Waals surface area contributed by atoms with E-state index < -0.39 is 11.9 Å². The second-order valence-electron chi connectivity index (χ2n) is 9.44. The number of hydrogen-bond donors (Lipinski definition) is 3. The van der Waals surface area contributed by atoms with E-state index in [1.165, 1.54) is 69.0 Å². The summed E-state index contributed by atoms with van der Waals surface area (Å²) in [6, 6.07) is 7.45. The predicted octanol–water partition coefficient (Wildman–Crippen LogP) is 3.86. The minimum Gasteiger partial charge on any atom is -0.490 e. The van der Waals surface area contributed by atoms with Crippen molar-refractivity contribution in [3.05, 3.63) is 29.3 Å². The number of likely N-dealkylation sites (tertiary alicyclic amines) is 1. The van der Waals surface area contributed by atoms with E-state index in [2.05, 4.69) is 35.5 Å². The molecule has 1 aliphatic carbocycles. The average Bonchev–Trinajstić information content (AvgIpc) is 2.99. The average molecular weight is 447 g/mol. The fraction of sp³-hybridized carbons (Fsp3) is 0.680. The highest BCUT2D eigenvalue weighted by Crippen LogP contribution is 2.36. The lowest BCUT2D eigenvalue weighted by Crippen LogP contribution is -2.31. The Kier molecular flexibility index (Phi) is 9.36. The fourth-order valence-corrected chi connectivity index (χ4v) is 5.18. The van der Waals surface area contributed by atoms with Gasteiger partial charge in [0.25, 0.3) is 0 Å². The van der Waals surface area contributed by atoms with Crippen LogP contribution in [0.2, 0.25) is 0 Å². The van der Waals surface area contributed by atoms with E-state index in [0.717, 1.165) is 37.6 Å². The van der Waals surface area contributed by atoms with Crippen molar-refractivity contribution in [1.29, 1.82) is 0 Å². The van der Waals surface area contributed by atoms with Crippen molar-refractivity contribution in [2.75, 3.05) is 26.7 Å². The number of carboxylic acids is 2. The first kappa shape index (κ1) is 24.5. The van der Waals surface area contributed by atoms with E-state index in [1.54, 1.807) is 0 Å². The smallest absolute Gasteiger partial charge is 0.414 e. The number of carbonyl (C=O) groups is 2. The molecule has 0 bridgehead atoms. The molecule has 2 fully saturated rings. The largest absolute Gasteiger partial charge is 0.490 e. The zero-order valence-electron chi connectivity index (χ0n) is 19.2. The second kappa shape index (κ2) is 12.2. The van der Waals surface area contributed by atoms with Crippen LogP contribution in [0.5, 0.6) is 5.75 Å². The molecule has 32 heavy (non-hydrogen) atoms. The number of fused-ring (bicyclic) bond motifs is 1. The predicted molar refractivity (Wildman–Crippen MR) is 123 cm³/mol. The Balaban J connectivity index is 0.000000427. The minimum atomic E-state index is -1.82. The molecule has 2 atom stereocenters. The lowest BCUT2D eigenvalue weighted by atomic mass is 9.81. The summed E-state index contributed by atoms with van der Waals surface area (Å²) in [4.78, 5) is 20.6. The number of rotatable bonds is 4. The molecular weight excluding hydrogens is 408 g/mol. The van der Waals surface area contributed by atoms with Crippen molar-refractivity contribution in [2.45, 2.75) is 76.4 Å². The molecule has 0 aromatic heterocycles. The van der Waals surface area contributed by atoms with Crippen LogP contribution >= 0.6 is 0 Å². The van der Waals surface area contributed by atoms with Crippen molar-refractivity contribution in [1.82, 2.24) is 10.2 Å². The number of benzene rings is 1. The minimum absolute atomic E-state index is 0.381. The first-order chi connectivity index (χ1) is 15.4. The molecule has 1 saturated heterocycles. The van der Waals surface area contributed by atoms with Crippen molar-refractivity contribution in [3.8, 4) is 5.75 Å². The van der Waals surface area contributed by atoms with Crippen LogP contribution in [0.1, 0.15) is 75.0 Å². The molecular formula is C25H38N2O5. The first-order valence-corrected chi connectivity index (χ1v) is 12.1. The van der Waals surface area contributed by atoms with Gasteiger partial charge in [-0.25, -0.2) is 9.59 Å². The van der Waals surface area contributed by atoms with Crippen LogP contribution in [-0.2, 0) is 16.0 Å². The van der Waals surface area contributed by atoms with Crippen LogP contribution in [0.4, 0.5) is 0 Å². The lowest BCUT2D eigenvalue weighted by Gasteiger charge is -2.32. The Bertz CT molecular complexity index is 751. The van der Waals surface area contributed by atoms with E-state index in [0.29, 0.717) is 12.1 Å². The van der Waals surface area contributed by atoms with Gasteiger partial charge in [0.05, 0.1) is 6.10 Å². The molecule has 7 heteroatoms. The summed E-state index contributed by atoms with van der Waals surface area (Å²) >= 11 is 0. The van der Waals surface area contributed by atoms with Crippen molar-refractivity contribution in [2.24, 2.45) is 5.92 Å². The van der Waals surface area contributed by atoms with Crippen LogP contribution in [0.25, 0.3) is 0 Å². The van der Waals surface area contributed by atoms with Gasteiger partial charge in [-0.1, -0.05) is 38.2 Å². The lowest BCUT2D eigenvalue weighted by molar-refractivity contribution is -0.159. The summed E-state index contributed by atoms with van der Waals surface area (Å²) in [5, 5.41) is 18.6. The van der Waals surface area contributed by atoms with Crippen LogP contribution in [0.3, 0.4) is 0 Å². The fourth-order valence-electron chi connectivity index (χ4n) is 5.18. The monoisotopic (exact) mass is 446 g/mol. The summed E-state index contributed by atoms with van der Waals surface area (Å²) in [6.07, 6.45) is 13.6. The van der Waals surface area contributed by atoms with E-state index in [-0.39, 0.29) is 0 Å². The zero-order chi connectivity index (χ0) is 22.9. The Hall–Kier alpha value is -2.12. The third-order valence-electron chi connectivity index (χ3n) is 6.96. The molecule has 2 unspecified atom stereocenters. The van der Waals surface area contributed by atoms with E-state index in [9.17, 15) is 0 Å². The van der Waals surface area contributed by atoms with Crippen LogP contribution < -0.4 is 10.1 Å². The highest BCUT2D eigenvalue weighted by atomic mass is 16.5. The summed E-state index contributed by atoms with van der Waals surface area (Å²) in [5.41, 5.74) is 3.06. The maximum absolute atomic E-state index is 9.10. The van der Waals surface area contributed by atoms with Crippen molar-refractivity contribution in [3.63, 3.8) is 0 Å². The second-order valence-corrected chi connectivity index (χ2v) is 9.44. The number of carboxylic acid groups (broad SMARTS) is 2. The molecule has 2 heterocycles. The molecule has 0 amide bonds. The number of nitrogens with zero attached hydrogens (tertiary/aromatic N) is 1. The zero-order valence-corrected chi connectivity index (χ0v) is 19.2. The molecule has 1 saturated carbocycles. The standard InChI is InChI=1S/C23H36N2O.C2H2O4/c1-25-14-5-8-20(12-15-25)26-21-10-9-19-11-13-24-23(22(19)17-21)16-18-6-3-2-4-7-18;3-1(4)2(5)6/h9-10,17-18,20,23-24H,2-8,11-16H2,1H3;(H,3,4)(H,5,6). The summed E-state index contributed by atoms with van der Waals surface area (Å²) in [5.74, 6) is -1.64. The number of hydrogen-bond acceptors (Lipinski definition) is 5. The molecule has 178 valence electrons. The molecule has 0 radical (unpaired) electrons. The van der Waals surface area contributed by atoms with Crippen molar-refractivity contribution >= 4 is 11.9 Å². The van der Waals surface area contributed by atoms with Gasteiger partial charge in [0.2, 0.25) is 0 Å². The van der Waals surface area contributed by atoms with Gasteiger partial charge in [0.1, 0.15) is 5.75 Å². The van der Waals surface area contributed by atoms with Gasteiger partial charge in [0, 0.05) is 12.6 Å². The third kappa shape index (κ3) is 7.48. The van der Waals surface area contributed by atoms with Gasteiger partial charge in [-0.3, -0.25) is 0 Å². The Morgan fingerprint density at radius 2 is 1.78 bits per heavy atom. The summed E-state index contributed by atoms with van der Waals surface area (Å²) in [6.45, 7) is 3.48. The van der Waals surface area contributed by atoms with Gasteiger partial charge in [-0.05, 0) is 81.4 Å². The van der Waals surface area contributed by atoms with Gasteiger partial charge < -0.3 is 25.2 Å².